The van der Waals surface area contributed by atoms with Gasteiger partial charge in [0, 0.05) is 0 Å². The third-order valence-corrected chi connectivity index (χ3v) is 8.94. The van der Waals surface area contributed by atoms with Crippen molar-refractivity contribution in [3.63, 3.8) is 0 Å². The number of hydrogen-bond donors (Lipinski definition) is 2. The number of ether oxygens (including phenoxy) is 1. The lowest BCUT2D eigenvalue weighted by molar-refractivity contribution is -0.283. The Bertz CT molecular complexity index is 1010. The Morgan fingerprint density at radius 2 is 1.40 bits per heavy atom. The zero-order valence-electron chi connectivity index (χ0n) is 15.7. The molecule has 0 saturated carbocycles. The first kappa shape index (κ1) is 22.7. The van der Waals surface area contributed by atoms with Gasteiger partial charge in [-0.25, -0.2) is 14.6 Å². The first-order valence-corrected chi connectivity index (χ1v) is 11.8. The first-order valence-electron chi connectivity index (χ1n) is 8.49. The molecule has 30 heavy (non-hydrogen) atoms. The zero-order chi connectivity index (χ0) is 21.8. The lowest BCUT2D eigenvalue weighted by Gasteiger charge is -2.08. The van der Waals surface area contributed by atoms with E-state index in [1.54, 1.807) is 13.8 Å². The summed E-state index contributed by atoms with van der Waals surface area (Å²) in [6, 6.07) is 3.89. The Labute approximate surface area is 189 Å². The predicted molar refractivity (Wildman–Crippen MR) is 113 cm³/mol. The van der Waals surface area contributed by atoms with E-state index < -0.39 is 5.97 Å². The fourth-order valence-corrected chi connectivity index (χ4v) is 7.53. The zero-order valence-corrected chi connectivity index (χ0v) is 18.9. The van der Waals surface area contributed by atoms with E-state index in [4.69, 9.17) is 14.5 Å². The Kier molecular flexibility index (Phi) is 7.52. The summed E-state index contributed by atoms with van der Waals surface area (Å²) >= 11 is 4.33. The second kappa shape index (κ2) is 9.92. The number of hydrogen-bond acceptors (Lipinski definition) is 12. The van der Waals surface area contributed by atoms with Crippen LogP contribution in [0, 0.1) is 22.7 Å². The molecule has 12 heteroatoms. The molecule has 2 aliphatic heterocycles. The summed E-state index contributed by atoms with van der Waals surface area (Å²) in [4.78, 5) is 23.3. The number of aromatic hydroxyl groups is 2. The number of carbonyl (C=O) groups excluding carboxylic acids is 1. The van der Waals surface area contributed by atoms with Crippen LogP contribution in [-0.4, -0.2) is 36.0 Å². The molecule has 0 bridgehead atoms. The molecule has 3 rings (SSSR count). The van der Waals surface area contributed by atoms with E-state index in [0.29, 0.717) is 40.2 Å². The van der Waals surface area contributed by atoms with Crippen LogP contribution in [0.25, 0.3) is 0 Å². The summed E-state index contributed by atoms with van der Waals surface area (Å²) in [5, 5.41) is 40.3. The molecule has 2 N–H and O–H groups in total. The molecule has 0 aliphatic carbocycles. The molecule has 0 spiro atoms. The summed E-state index contributed by atoms with van der Waals surface area (Å²) in [6.07, 6.45) is 0. The van der Waals surface area contributed by atoms with Crippen molar-refractivity contribution < 1.29 is 29.5 Å². The minimum atomic E-state index is -0.753. The molecule has 0 radical (unpaired) electrons. The van der Waals surface area contributed by atoms with Crippen molar-refractivity contribution in [2.75, 3.05) is 19.8 Å². The van der Waals surface area contributed by atoms with Gasteiger partial charge in [-0.3, -0.25) is 0 Å². The topological polar surface area (TPSA) is 133 Å². The molecule has 1 aromatic carbocycles. The van der Waals surface area contributed by atoms with E-state index in [1.165, 1.54) is 0 Å². The van der Waals surface area contributed by atoms with Gasteiger partial charge >= 0.3 is 5.97 Å². The monoisotopic (exact) mass is 482 g/mol. The second-order valence-corrected chi connectivity index (χ2v) is 10.1. The van der Waals surface area contributed by atoms with Crippen molar-refractivity contribution in [3.05, 3.63) is 19.6 Å². The number of phenolic OH excluding ortho intramolecular Hbond substituents is 2. The van der Waals surface area contributed by atoms with Crippen molar-refractivity contribution in [3.8, 4) is 23.6 Å². The molecule has 0 unspecified atom stereocenters. The Morgan fingerprint density at radius 3 is 1.83 bits per heavy atom. The molecule has 2 heterocycles. The van der Waals surface area contributed by atoms with E-state index in [-0.39, 0.29) is 30.3 Å². The maximum Gasteiger partial charge on any atom is 0.350 e. The van der Waals surface area contributed by atoms with Crippen LogP contribution in [0.2, 0.25) is 0 Å². The highest BCUT2D eigenvalue weighted by Gasteiger charge is 2.37. The largest absolute Gasteiger partial charge is 0.505 e. The third kappa shape index (κ3) is 4.25. The van der Waals surface area contributed by atoms with E-state index in [2.05, 4.69) is 6.07 Å². The fraction of sp³-hybridized carbons (Fsp3) is 0.278. The SMILES string of the molecule is CCOOCC(C#N)=C1Sc2c(O)c3c(c(O)c2S1)SC(=C(C#N)C(=O)OCC)S3. The molecule has 0 amide bonds. The number of esters is 1. The third-order valence-electron chi connectivity index (χ3n) is 3.63. The van der Waals surface area contributed by atoms with Crippen LogP contribution in [0.3, 0.4) is 0 Å². The maximum absolute atomic E-state index is 12.0. The Hall–Kier alpha value is -1.93. The minimum absolute atomic E-state index is 0.0592. The lowest BCUT2D eigenvalue weighted by Crippen LogP contribution is -2.07. The molecule has 0 fully saturated rings. The van der Waals surface area contributed by atoms with Crippen molar-refractivity contribution in [2.45, 2.75) is 33.4 Å². The average Bonchev–Trinajstić information content (AvgIpc) is 3.36. The molecular formula is C18H14N2O6S4. The average molecular weight is 483 g/mol. The van der Waals surface area contributed by atoms with E-state index in [0.717, 1.165) is 47.0 Å². The van der Waals surface area contributed by atoms with Crippen molar-refractivity contribution in [2.24, 2.45) is 0 Å². The van der Waals surface area contributed by atoms with Crippen molar-refractivity contribution in [1.29, 1.82) is 10.5 Å². The van der Waals surface area contributed by atoms with Gasteiger partial charge in [-0.2, -0.15) is 10.5 Å². The molecule has 8 nitrogen and oxygen atoms in total. The number of rotatable bonds is 6. The second-order valence-electron chi connectivity index (χ2n) is 5.46. The smallest absolute Gasteiger partial charge is 0.350 e. The van der Waals surface area contributed by atoms with Crippen LogP contribution in [-0.2, 0) is 19.3 Å². The molecular weight excluding hydrogens is 468 g/mol. The molecule has 156 valence electrons. The standard InChI is InChI=1S/C18H14N2O6S4/c1-3-24-16(23)9(6-20)18-29-14-10(21)12-13(11(22)15(14)30-18)28-17(27-12)8(5-19)7-26-25-4-2/h21-22H,3-4,7H2,1-2H3. The highest BCUT2D eigenvalue weighted by atomic mass is 32.2. The van der Waals surface area contributed by atoms with Gasteiger partial charge in [0.05, 0.1) is 52.9 Å². The molecule has 0 aromatic heterocycles. The minimum Gasteiger partial charge on any atom is -0.505 e. The normalized spacial score (nSPS) is 14.0. The van der Waals surface area contributed by atoms with Gasteiger partial charge in [0.1, 0.15) is 24.2 Å². The first-order chi connectivity index (χ1) is 14.5. The number of fused-ring (bicyclic) bond motifs is 2. The van der Waals surface area contributed by atoms with Crippen LogP contribution >= 0.6 is 47.0 Å². The maximum atomic E-state index is 12.0. The molecule has 0 saturated heterocycles. The van der Waals surface area contributed by atoms with Crippen LogP contribution < -0.4 is 0 Å². The van der Waals surface area contributed by atoms with E-state index in [9.17, 15) is 25.5 Å². The van der Waals surface area contributed by atoms with Crippen LogP contribution in [0.4, 0.5) is 0 Å². The predicted octanol–water partition coefficient (Wildman–Crippen LogP) is 4.49. The molecule has 1 aromatic rings. The molecule has 0 atom stereocenters. The van der Waals surface area contributed by atoms with Gasteiger partial charge in [-0.15, -0.1) is 0 Å². The summed E-state index contributed by atoms with van der Waals surface area (Å²) < 4.78 is 5.80. The summed E-state index contributed by atoms with van der Waals surface area (Å²) in [5.74, 6) is -0.916. The van der Waals surface area contributed by atoms with E-state index >= 15 is 0 Å². The number of thioether (sulfide) groups is 4. The summed E-state index contributed by atoms with van der Waals surface area (Å²) in [7, 11) is 0. The summed E-state index contributed by atoms with van der Waals surface area (Å²) in [5.41, 5.74) is 0.131. The number of nitrogens with zero attached hydrogens (tertiary/aromatic N) is 2. The van der Waals surface area contributed by atoms with Gasteiger partial charge in [-0.05, 0) is 13.8 Å². The van der Waals surface area contributed by atoms with Crippen LogP contribution in [0.5, 0.6) is 11.5 Å². The van der Waals surface area contributed by atoms with Crippen molar-refractivity contribution >= 4 is 53.0 Å². The number of benzene rings is 1. The van der Waals surface area contributed by atoms with Gasteiger partial charge in [-0.1, -0.05) is 47.0 Å². The Balaban J connectivity index is 1.96. The number of carbonyl (C=O) groups is 1. The number of phenols is 2. The van der Waals surface area contributed by atoms with E-state index in [1.807, 2.05) is 6.07 Å². The van der Waals surface area contributed by atoms with Crippen molar-refractivity contribution in [1.82, 2.24) is 0 Å². The quantitative estimate of drug-likeness (QED) is 0.112. The van der Waals surface area contributed by atoms with Gasteiger partial charge in [0.15, 0.2) is 5.57 Å². The van der Waals surface area contributed by atoms with Crippen LogP contribution in [0.15, 0.2) is 39.2 Å². The highest BCUT2D eigenvalue weighted by Crippen LogP contribution is 2.67. The highest BCUT2D eigenvalue weighted by molar-refractivity contribution is 8.26. The summed E-state index contributed by atoms with van der Waals surface area (Å²) in [6.45, 7) is 3.79. The number of nitriles is 2. The van der Waals surface area contributed by atoms with Gasteiger partial charge in [0.25, 0.3) is 0 Å². The van der Waals surface area contributed by atoms with Gasteiger partial charge in [0.2, 0.25) is 0 Å². The Morgan fingerprint density at radius 1 is 0.867 bits per heavy atom. The molecule has 2 aliphatic rings. The lowest BCUT2D eigenvalue weighted by atomic mass is 10.3. The fourth-order valence-electron chi connectivity index (χ4n) is 2.35. The van der Waals surface area contributed by atoms with Gasteiger partial charge < -0.3 is 14.9 Å². The van der Waals surface area contributed by atoms with Crippen LogP contribution in [0.1, 0.15) is 13.8 Å².